The Hall–Kier alpha value is -1.44. The minimum Gasteiger partial charge on any atom is -0.476 e. The van der Waals surface area contributed by atoms with Gasteiger partial charge in [0.15, 0.2) is 5.69 Å². The average Bonchev–Trinajstić information content (AvgIpc) is 2.64. The van der Waals surface area contributed by atoms with Gasteiger partial charge < -0.3 is 5.11 Å². The van der Waals surface area contributed by atoms with Crippen molar-refractivity contribution in [1.29, 1.82) is 0 Å². The molecule has 0 radical (unpaired) electrons. The first-order valence-electron chi connectivity index (χ1n) is 4.96. The van der Waals surface area contributed by atoms with Crippen molar-refractivity contribution in [2.45, 2.75) is 13.5 Å². The molecule has 0 atom stereocenters. The Kier molecular flexibility index (Phi) is 3.41. The standard InChI is InChI=1S/C11H10IN3O2/c1-7-10(11(16)17)13-14-15(7)6-8-2-4-9(12)5-3-8/h2-5H,6H2,1H3,(H,16,17). The minimum absolute atomic E-state index is 0.00973. The van der Waals surface area contributed by atoms with Crippen LogP contribution in [0.2, 0.25) is 0 Å². The zero-order chi connectivity index (χ0) is 12.4. The van der Waals surface area contributed by atoms with E-state index in [1.165, 1.54) is 0 Å². The predicted octanol–water partition coefficient (Wildman–Crippen LogP) is 1.94. The van der Waals surface area contributed by atoms with Gasteiger partial charge in [-0.1, -0.05) is 17.3 Å². The van der Waals surface area contributed by atoms with Crippen LogP contribution in [0.3, 0.4) is 0 Å². The van der Waals surface area contributed by atoms with Crippen LogP contribution in [0.15, 0.2) is 24.3 Å². The highest BCUT2D eigenvalue weighted by Crippen LogP contribution is 2.10. The van der Waals surface area contributed by atoms with Crippen LogP contribution in [0.5, 0.6) is 0 Å². The number of aromatic nitrogens is 3. The van der Waals surface area contributed by atoms with Crippen LogP contribution in [0.1, 0.15) is 21.7 Å². The highest BCUT2D eigenvalue weighted by Gasteiger charge is 2.14. The van der Waals surface area contributed by atoms with Gasteiger partial charge in [0.1, 0.15) is 0 Å². The second-order valence-electron chi connectivity index (χ2n) is 3.61. The van der Waals surface area contributed by atoms with E-state index in [2.05, 4.69) is 32.9 Å². The summed E-state index contributed by atoms with van der Waals surface area (Å²) >= 11 is 2.23. The molecule has 2 aromatic rings. The molecule has 0 amide bonds. The highest BCUT2D eigenvalue weighted by molar-refractivity contribution is 14.1. The van der Waals surface area contributed by atoms with Gasteiger partial charge >= 0.3 is 5.97 Å². The second-order valence-corrected chi connectivity index (χ2v) is 4.86. The Morgan fingerprint density at radius 3 is 2.59 bits per heavy atom. The van der Waals surface area contributed by atoms with Gasteiger partial charge in [0.2, 0.25) is 0 Å². The third-order valence-corrected chi connectivity index (χ3v) is 3.15. The summed E-state index contributed by atoms with van der Waals surface area (Å²) in [6, 6.07) is 7.98. The molecular formula is C11H10IN3O2. The Labute approximate surface area is 112 Å². The lowest BCUT2D eigenvalue weighted by molar-refractivity contribution is 0.0689. The maximum atomic E-state index is 10.8. The minimum atomic E-state index is -1.05. The Balaban J connectivity index is 2.24. The van der Waals surface area contributed by atoms with E-state index >= 15 is 0 Å². The summed E-state index contributed by atoms with van der Waals surface area (Å²) in [5, 5.41) is 16.3. The van der Waals surface area contributed by atoms with Crippen LogP contribution < -0.4 is 0 Å². The lowest BCUT2D eigenvalue weighted by atomic mass is 10.2. The Morgan fingerprint density at radius 1 is 1.41 bits per heavy atom. The van der Waals surface area contributed by atoms with Crippen molar-refractivity contribution in [3.8, 4) is 0 Å². The number of carbonyl (C=O) groups is 1. The summed E-state index contributed by atoms with van der Waals surface area (Å²) in [6.45, 7) is 2.24. The second kappa shape index (κ2) is 4.82. The number of halogens is 1. The maximum absolute atomic E-state index is 10.8. The molecule has 1 heterocycles. The lowest BCUT2D eigenvalue weighted by Crippen LogP contribution is -2.05. The van der Waals surface area contributed by atoms with E-state index in [0.717, 1.165) is 9.13 Å². The monoisotopic (exact) mass is 343 g/mol. The SMILES string of the molecule is Cc1c(C(=O)O)nnn1Cc1ccc(I)cc1. The van der Waals surface area contributed by atoms with Crippen molar-refractivity contribution < 1.29 is 9.90 Å². The number of rotatable bonds is 3. The highest BCUT2D eigenvalue weighted by atomic mass is 127. The van der Waals surface area contributed by atoms with Gasteiger partial charge in [0, 0.05) is 3.57 Å². The van der Waals surface area contributed by atoms with Crippen LogP contribution in [0.25, 0.3) is 0 Å². The molecule has 0 saturated heterocycles. The van der Waals surface area contributed by atoms with Gasteiger partial charge in [0.25, 0.3) is 0 Å². The van der Waals surface area contributed by atoms with Crippen molar-refractivity contribution in [2.75, 3.05) is 0 Å². The molecule has 0 aliphatic carbocycles. The molecule has 17 heavy (non-hydrogen) atoms. The molecule has 0 aliphatic heterocycles. The lowest BCUT2D eigenvalue weighted by Gasteiger charge is -2.03. The van der Waals surface area contributed by atoms with Gasteiger partial charge in [-0.2, -0.15) is 0 Å². The number of benzene rings is 1. The maximum Gasteiger partial charge on any atom is 0.358 e. The molecule has 6 heteroatoms. The fraction of sp³-hybridized carbons (Fsp3) is 0.182. The van der Waals surface area contributed by atoms with Gasteiger partial charge in [-0.3, -0.25) is 0 Å². The number of hydrogen-bond acceptors (Lipinski definition) is 3. The van der Waals surface area contributed by atoms with Crippen LogP contribution >= 0.6 is 22.6 Å². The van der Waals surface area contributed by atoms with Gasteiger partial charge in [-0.15, -0.1) is 5.10 Å². The summed E-state index contributed by atoms with van der Waals surface area (Å²) < 4.78 is 2.75. The largest absolute Gasteiger partial charge is 0.476 e. The van der Waals surface area contributed by atoms with E-state index in [-0.39, 0.29) is 5.69 Å². The molecule has 0 unspecified atom stereocenters. The van der Waals surface area contributed by atoms with Crippen LogP contribution in [-0.4, -0.2) is 26.1 Å². The van der Waals surface area contributed by atoms with Crippen molar-refractivity contribution in [1.82, 2.24) is 15.0 Å². The molecule has 1 aromatic heterocycles. The van der Waals surface area contributed by atoms with Gasteiger partial charge in [0.05, 0.1) is 12.2 Å². The van der Waals surface area contributed by atoms with E-state index in [9.17, 15) is 4.79 Å². The van der Waals surface area contributed by atoms with E-state index in [1.807, 2.05) is 24.3 Å². The summed E-state index contributed by atoms with van der Waals surface area (Å²) in [7, 11) is 0. The quantitative estimate of drug-likeness (QED) is 0.865. The fourth-order valence-electron chi connectivity index (χ4n) is 1.47. The number of carboxylic acid groups (broad SMARTS) is 1. The van der Waals surface area contributed by atoms with E-state index in [4.69, 9.17) is 5.11 Å². The molecule has 2 rings (SSSR count). The van der Waals surface area contributed by atoms with Gasteiger partial charge in [-0.25, -0.2) is 9.48 Å². The Morgan fingerprint density at radius 2 is 2.06 bits per heavy atom. The van der Waals surface area contributed by atoms with E-state index in [0.29, 0.717) is 12.2 Å². The van der Waals surface area contributed by atoms with Crippen molar-refractivity contribution >= 4 is 28.6 Å². The first-order chi connectivity index (χ1) is 8.08. The third kappa shape index (κ3) is 2.63. The van der Waals surface area contributed by atoms with Crippen LogP contribution in [0.4, 0.5) is 0 Å². The summed E-state index contributed by atoms with van der Waals surface area (Å²) in [6.07, 6.45) is 0. The first-order valence-corrected chi connectivity index (χ1v) is 6.03. The average molecular weight is 343 g/mol. The zero-order valence-corrected chi connectivity index (χ0v) is 11.2. The molecule has 0 fully saturated rings. The summed E-state index contributed by atoms with van der Waals surface area (Å²) in [4.78, 5) is 10.8. The molecule has 1 aromatic carbocycles. The number of nitrogens with zero attached hydrogens (tertiary/aromatic N) is 3. The first kappa shape index (κ1) is 12.0. The summed E-state index contributed by atoms with van der Waals surface area (Å²) in [5.41, 5.74) is 1.64. The van der Waals surface area contributed by atoms with Crippen molar-refractivity contribution in [3.63, 3.8) is 0 Å². The number of hydrogen-bond donors (Lipinski definition) is 1. The van der Waals surface area contributed by atoms with Crippen LogP contribution in [-0.2, 0) is 6.54 Å². The number of aromatic carboxylic acids is 1. The smallest absolute Gasteiger partial charge is 0.358 e. The molecule has 0 spiro atoms. The molecule has 0 aliphatic rings. The van der Waals surface area contributed by atoms with Crippen molar-refractivity contribution in [3.05, 3.63) is 44.8 Å². The molecule has 88 valence electrons. The molecule has 0 saturated carbocycles. The topological polar surface area (TPSA) is 68.0 Å². The fourth-order valence-corrected chi connectivity index (χ4v) is 1.83. The summed E-state index contributed by atoms with van der Waals surface area (Å²) in [5.74, 6) is -1.05. The molecule has 5 nitrogen and oxygen atoms in total. The molecule has 0 bridgehead atoms. The third-order valence-electron chi connectivity index (χ3n) is 2.43. The predicted molar refractivity (Wildman–Crippen MR) is 70.0 cm³/mol. The normalized spacial score (nSPS) is 10.5. The van der Waals surface area contributed by atoms with E-state index < -0.39 is 5.97 Å². The van der Waals surface area contributed by atoms with Gasteiger partial charge in [-0.05, 0) is 47.2 Å². The Bertz CT molecular complexity index is 548. The molecular weight excluding hydrogens is 333 g/mol. The van der Waals surface area contributed by atoms with Crippen molar-refractivity contribution in [2.24, 2.45) is 0 Å². The van der Waals surface area contributed by atoms with E-state index in [1.54, 1.807) is 11.6 Å². The zero-order valence-electron chi connectivity index (χ0n) is 9.09. The molecule has 1 N–H and O–H groups in total. The van der Waals surface area contributed by atoms with Crippen LogP contribution in [0, 0.1) is 10.5 Å². The number of carboxylic acids is 1.